The molecule has 2 unspecified atom stereocenters. The van der Waals surface area contributed by atoms with E-state index in [-0.39, 0.29) is 42.5 Å². The Morgan fingerprint density at radius 3 is 2.33 bits per heavy atom. The van der Waals surface area contributed by atoms with E-state index in [9.17, 15) is 14.4 Å². The van der Waals surface area contributed by atoms with Gasteiger partial charge in [0.1, 0.15) is 0 Å². The van der Waals surface area contributed by atoms with E-state index in [1.807, 2.05) is 12.1 Å². The lowest BCUT2D eigenvalue weighted by atomic mass is 9.81. The second-order valence-electron chi connectivity index (χ2n) is 8.58. The second kappa shape index (κ2) is 8.94. The Morgan fingerprint density at radius 1 is 1.07 bits per heavy atom. The van der Waals surface area contributed by atoms with Gasteiger partial charge >= 0.3 is 0 Å². The van der Waals surface area contributed by atoms with Crippen molar-refractivity contribution in [2.75, 3.05) is 50.0 Å². The van der Waals surface area contributed by atoms with Gasteiger partial charge in [-0.25, -0.2) is 0 Å². The molecular weight excluding hydrogens is 404 g/mol. The van der Waals surface area contributed by atoms with Crippen molar-refractivity contribution in [2.24, 2.45) is 11.8 Å². The highest BCUT2D eigenvalue weighted by Crippen LogP contribution is 2.38. The van der Waals surface area contributed by atoms with Crippen molar-refractivity contribution >= 4 is 40.7 Å². The quantitative estimate of drug-likeness (QED) is 0.724. The monoisotopic (exact) mass is 432 g/mol. The number of halogens is 1. The molecule has 2 saturated heterocycles. The molecule has 2 atom stereocenters. The fourth-order valence-corrected chi connectivity index (χ4v) is 4.98. The number of carbonyl (C=O) groups excluding carboxylic acids is 3. The molecular formula is C22H29ClN4O3. The molecule has 1 aliphatic carbocycles. The van der Waals surface area contributed by atoms with Crippen molar-refractivity contribution < 1.29 is 14.4 Å². The lowest BCUT2D eigenvalue weighted by Gasteiger charge is -2.35. The van der Waals surface area contributed by atoms with Gasteiger partial charge in [-0.3, -0.25) is 19.3 Å². The van der Waals surface area contributed by atoms with Gasteiger partial charge in [-0.2, -0.15) is 0 Å². The summed E-state index contributed by atoms with van der Waals surface area (Å²) in [5.74, 6) is -0.767. The smallest absolute Gasteiger partial charge is 0.233 e. The minimum absolute atomic E-state index is 0.0889. The zero-order valence-electron chi connectivity index (χ0n) is 17.4. The molecule has 3 amide bonds. The topological polar surface area (TPSA) is 73.0 Å². The number of anilines is 2. The number of benzene rings is 1. The summed E-state index contributed by atoms with van der Waals surface area (Å²) in [5, 5.41) is 3.50. The summed E-state index contributed by atoms with van der Waals surface area (Å²) in [6, 6.07) is 5.52. The van der Waals surface area contributed by atoms with Gasteiger partial charge in [0.25, 0.3) is 0 Å². The summed E-state index contributed by atoms with van der Waals surface area (Å²) in [6.45, 7) is 3.80. The lowest BCUT2D eigenvalue weighted by molar-refractivity contribution is -0.140. The molecule has 0 aromatic heterocycles. The third-order valence-corrected chi connectivity index (χ3v) is 6.81. The zero-order chi connectivity index (χ0) is 21.3. The number of rotatable bonds is 5. The Morgan fingerprint density at radius 2 is 1.70 bits per heavy atom. The highest BCUT2D eigenvalue weighted by Gasteiger charge is 2.47. The highest BCUT2D eigenvalue weighted by atomic mass is 35.5. The summed E-state index contributed by atoms with van der Waals surface area (Å²) < 4.78 is 0. The zero-order valence-corrected chi connectivity index (χ0v) is 18.2. The van der Waals surface area contributed by atoms with E-state index in [4.69, 9.17) is 11.6 Å². The number of nitrogens with one attached hydrogen (secondary N) is 1. The first-order valence-corrected chi connectivity index (χ1v) is 11.2. The summed E-state index contributed by atoms with van der Waals surface area (Å²) in [7, 11) is 2.10. The summed E-state index contributed by atoms with van der Waals surface area (Å²) in [4.78, 5) is 43.7. The lowest BCUT2D eigenvalue weighted by Crippen LogP contribution is -2.44. The largest absolute Gasteiger partial charge is 0.367 e. The number of hydrogen-bond acceptors (Lipinski definition) is 5. The number of hydrogen-bond donors (Lipinski definition) is 1. The molecule has 30 heavy (non-hydrogen) atoms. The van der Waals surface area contributed by atoms with E-state index in [0.29, 0.717) is 10.7 Å². The SMILES string of the molecule is CN1CCN(c2ccc(Cl)cc2NC(=O)CCN2C(=O)C3CCCCC3C2=O)CC1. The van der Waals surface area contributed by atoms with Gasteiger partial charge in [-0.15, -0.1) is 0 Å². The number of amides is 3. The van der Waals surface area contributed by atoms with Crippen molar-refractivity contribution in [3.8, 4) is 0 Å². The molecule has 1 N–H and O–H groups in total. The van der Waals surface area contributed by atoms with Crippen LogP contribution in [0.4, 0.5) is 11.4 Å². The number of likely N-dealkylation sites (N-methyl/N-ethyl adjacent to an activating group) is 1. The van der Waals surface area contributed by atoms with E-state index >= 15 is 0 Å². The molecule has 3 aliphatic rings. The van der Waals surface area contributed by atoms with Crippen LogP contribution in [0, 0.1) is 11.8 Å². The maximum absolute atomic E-state index is 12.7. The molecule has 8 heteroatoms. The highest BCUT2D eigenvalue weighted by molar-refractivity contribution is 6.31. The van der Waals surface area contributed by atoms with Gasteiger partial charge in [0.2, 0.25) is 17.7 Å². The number of nitrogens with zero attached hydrogens (tertiary/aromatic N) is 3. The minimum atomic E-state index is -0.219. The average Bonchev–Trinajstić information content (AvgIpc) is 2.98. The number of fused-ring (bicyclic) bond motifs is 1. The van der Waals surface area contributed by atoms with Crippen molar-refractivity contribution in [3.05, 3.63) is 23.2 Å². The van der Waals surface area contributed by atoms with Crippen molar-refractivity contribution in [2.45, 2.75) is 32.1 Å². The van der Waals surface area contributed by atoms with Crippen molar-refractivity contribution in [1.82, 2.24) is 9.80 Å². The normalized spacial score (nSPS) is 24.9. The van der Waals surface area contributed by atoms with Crippen LogP contribution in [0.1, 0.15) is 32.1 Å². The Hall–Kier alpha value is -2.12. The average molecular weight is 433 g/mol. The summed E-state index contributed by atoms with van der Waals surface area (Å²) >= 11 is 6.18. The first-order valence-electron chi connectivity index (χ1n) is 10.8. The first kappa shape index (κ1) is 21.1. The summed E-state index contributed by atoms with van der Waals surface area (Å²) in [5.41, 5.74) is 1.62. The molecule has 0 bridgehead atoms. The molecule has 1 saturated carbocycles. The van der Waals surface area contributed by atoms with Crippen LogP contribution in [0.3, 0.4) is 0 Å². The fourth-order valence-electron chi connectivity index (χ4n) is 4.81. The third-order valence-electron chi connectivity index (χ3n) is 6.57. The third kappa shape index (κ3) is 4.32. The predicted octanol–water partition coefficient (Wildman–Crippen LogP) is 2.60. The maximum atomic E-state index is 12.7. The van der Waals surface area contributed by atoms with Gasteiger partial charge in [-0.05, 0) is 38.1 Å². The predicted molar refractivity (Wildman–Crippen MR) is 117 cm³/mol. The Labute approximate surface area is 182 Å². The van der Waals surface area contributed by atoms with Crippen LogP contribution in [0.15, 0.2) is 18.2 Å². The van der Waals surface area contributed by atoms with E-state index in [2.05, 4.69) is 22.2 Å². The molecule has 7 nitrogen and oxygen atoms in total. The number of piperazine rings is 1. The van der Waals surface area contributed by atoms with E-state index in [1.165, 1.54) is 4.90 Å². The van der Waals surface area contributed by atoms with E-state index < -0.39 is 0 Å². The molecule has 0 radical (unpaired) electrons. The van der Waals surface area contributed by atoms with Crippen LogP contribution in [-0.4, -0.2) is 67.3 Å². The molecule has 0 spiro atoms. The fraction of sp³-hybridized carbons (Fsp3) is 0.591. The van der Waals surface area contributed by atoms with Crippen LogP contribution in [-0.2, 0) is 14.4 Å². The maximum Gasteiger partial charge on any atom is 0.233 e. The van der Waals surface area contributed by atoms with Crippen LogP contribution < -0.4 is 10.2 Å². The first-order chi connectivity index (χ1) is 14.4. The van der Waals surface area contributed by atoms with Gasteiger partial charge in [0.15, 0.2) is 0 Å². The van der Waals surface area contributed by atoms with Crippen LogP contribution in [0.2, 0.25) is 5.02 Å². The number of imide groups is 1. The van der Waals surface area contributed by atoms with E-state index in [1.54, 1.807) is 6.07 Å². The molecule has 2 heterocycles. The van der Waals surface area contributed by atoms with Crippen molar-refractivity contribution in [1.29, 1.82) is 0 Å². The van der Waals surface area contributed by atoms with Crippen LogP contribution in [0.5, 0.6) is 0 Å². The summed E-state index contributed by atoms with van der Waals surface area (Å²) in [6.07, 6.45) is 3.66. The van der Waals surface area contributed by atoms with Crippen molar-refractivity contribution in [3.63, 3.8) is 0 Å². The molecule has 1 aromatic carbocycles. The van der Waals surface area contributed by atoms with Gasteiger partial charge < -0.3 is 15.1 Å². The Kier molecular flexibility index (Phi) is 6.29. The standard InChI is InChI=1S/C22H29ClN4O3/c1-25-10-12-26(13-11-25)19-7-6-15(23)14-18(19)24-20(28)8-9-27-21(29)16-4-2-3-5-17(16)22(27)30/h6-7,14,16-17H,2-5,8-13H2,1H3,(H,24,28). The van der Waals surface area contributed by atoms with Gasteiger partial charge in [0.05, 0.1) is 23.2 Å². The minimum Gasteiger partial charge on any atom is -0.367 e. The molecule has 162 valence electrons. The Bertz CT molecular complexity index is 814. The van der Waals surface area contributed by atoms with E-state index in [0.717, 1.165) is 57.5 Å². The molecule has 4 rings (SSSR count). The number of likely N-dealkylation sites (tertiary alicyclic amines) is 1. The van der Waals surface area contributed by atoms with Gasteiger partial charge in [0, 0.05) is 44.2 Å². The molecule has 2 aliphatic heterocycles. The second-order valence-corrected chi connectivity index (χ2v) is 9.01. The van der Waals surface area contributed by atoms with Crippen LogP contribution in [0.25, 0.3) is 0 Å². The number of carbonyl (C=O) groups is 3. The molecule has 3 fully saturated rings. The Balaban J connectivity index is 1.39. The van der Waals surface area contributed by atoms with Crippen LogP contribution >= 0.6 is 11.6 Å². The molecule has 1 aromatic rings. The van der Waals surface area contributed by atoms with Gasteiger partial charge in [-0.1, -0.05) is 24.4 Å².